The molecule has 0 fully saturated rings. The van der Waals surface area contributed by atoms with Crippen LogP contribution in [0.2, 0.25) is 5.15 Å². The van der Waals surface area contributed by atoms with Gasteiger partial charge < -0.3 is 5.11 Å². The maximum Gasteiger partial charge on any atom is 0.338 e. The van der Waals surface area contributed by atoms with E-state index in [-0.39, 0.29) is 10.7 Å². The Hall–Kier alpha value is -2.39. The second kappa shape index (κ2) is 4.94. The Morgan fingerprint density at radius 3 is 2.50 bits per heavy atom. The molecule has 4 heteroatoms. The molecule has 1 heterocycles. The molecule has 0 aliphatic carbocycles. The molecular weight excluding hydrogens is 274 g/mol. The summed E-state index contributed by atoms with van der Waals surface area (Å²) < 4.78 is 0. The highest BCUT2D eigenvalue weighted by atomic mass is 35.5. The molecule has 20 heavy (non-hydrogen) atoms. The van der Waals surface area contributed by atoms with Crippen LogP contribution in [0.4, 0.5) is 0 Å². The van der Waals surface area contributed by atoms with Crippen molar-refractivity contribution in [2.24, 2.45) is 0 Å². The minimum atomic E-state index is -1.08. The molecule has 0 radical (unpaired) electrons. The minimum Gasteiger partial charge on any atom is -0.478 e. The lowest BCUT2D eigenvalue weighted by Crippen LogP contribution is -1.99. The monoisotopic (exact) mass is 283 g/mol. The van der Waals surface area contributed by atoms with Gasteiger partial charge in [0.25, 0.3) is 0 Å². The summed E-state index contributed by atoms with van der Waals surface area (Å²) in [4.78, 5) is 15.0. The predicted octanol–water partition coefficient (Wildman–Crippen LogP) is 4.25. The van der Waals surface area contributed by atoms with Gasteiger partial charge in [-0.05, 0) is 28.5 Å². The van der Waals surface area contributed by atoms with E-state index in [1.807, 2.05) is 42.5 Å². The molecule has 98 valence electrons. The fourth-order valence-corrected chi connectivity index (χ4v) is 2.31. The SMILES string of the molecule is O=C(O)c1cc(-c2ccc3ccccc3c2)cnc1Cl. The largest absolute Gasteiger partial charge is 0.478 e. The number of aromatic nitrogens is 1. The molecule has 1 aromatic heterocycles. The van der Waals surface area contributed by atoms with Crippen LogP contribution in [0, 0.1) is 0 Å². The second-order valence-electron chi connectivity index (χ2n) is 4.43. The van der Waals surface area contributed by atoms with Crippen molar-refractivity contribution in [3.05, 3.63) is 65.4 Å². The lowest BCUT2D eigenvalue weighted by Gasteiger charge is -2.06. The molecule has 0 saturated heterocycles. The van der Waals surface area contributed by atoms with Gasteiger partial charge in [0, 0.05) is 11.8 Å². The number of carboxylic acid groups (broad SMARTS) is 1. The van der Waals surface area contributed by atoms with Crippen LogP contribution >= 0.6 is 11.6 Å². The van der Waals surface area contributed by atoms with E-state index in [1.54, 1.807) is 12.3 Å². The maximum atomic E-state index is 11.1. The van der Waals surface area contributed by atoms with Crippen molar-refractivity contribution in [1.82, 2.24) is 4.98 Å². The van der Waals surface area contributed by atoms with E-state index < -0.39 is 5.97 Å². The van der Waals surface area contributed by atoms with Crippen LogP contribution < -0.4 is 0 Å². The Kier molecular flexibility index (Phi) is 3.12. The van der Waals surface area contributed by atoms with Crippen LogP contribution in [0.5, 0.6) is 0 Å². The van der Waals surface area contributed by atoms with E-state index in [4.69, 9.17) is 16.7 Å². The van der Waals surface area contributed by atoms with Crippen molar-refractivity contribution in [2.75, 3.05) is 0 Å². The molecule has 3 aromatic rings. The van der Waals surface area contributed by atoms with Crippen molar-refractivity contribution >= 4 is 28.3 Å². The van der Waals surface area contributed by atoms with Gasteiger partial charge in [0.1, 0.15) is 5.15 Å². The van der Waals surface area contributed by atoms with Crippen molar-refractivity contribution in [3.63, 3.8) is 0 Å². The van der Waals surface area contributed by atoms with Crippen molar-refractivity contribution in [2.45, 2.75) is 0 Å². The number of halogens is 1. The smallest absolute Gasteiger partial charge is 0.338 e. The minimum absolute atomic E-state index is 0.00189. The van der Waals surface area contributed by atoms with E-state index >= 15 is 0 Å². The molecule has 0 amide bonds. The van der Waals surface area contributed by atoms with Crippen molar-refractivity contribution in [3.8, 4) is 11.1 Å². The molecule has 0 aliphatic rings. The van der Waals surface area contributed by atoms with Gasteiger partial charge in [-0.1, -0.05) is 48.0 Å². The quantitative estimate of drug-likeness (QED) is 0.715. The van der Waals surface area contributed by atoms with E-state index in [0.717, 1.165) is 21.9 Å². The number of aromatic carboxylic acids is 1. The summed E-state index contributed by atoms with van der Waals surface area (Å²) in [5, 5.41) is 11.3. The van der Waals surface area contributed by atoms with Crippen LogP contribution in [-0.2, 0) is 0 Å². The summed E-state index contributed by atoms with van der Waals surface area (Å²) in [7, 11) is 0. The lowest BCUT2D eigenvalue weighted by molar-refractivity contribution is 0.0696. The van der Waals surface area contributed by atoms with Crippen LogP contribution in [0.25, 0.3) is 21.9 Å². The standard InChI is InChI=1S/C16H10ClNO2/c17-15-14(16(19)20)8-13(9-18-15)12-6-5-10-3-1-2-4-11(10)7-12/h1-9H,(H,19,20). The van der Waals surface area contributed by atoms with Crippen LogP contribution in [0.3, 0.4) is 0 Å². The fourth-order valence-electron chi connectivity index (χ4n) is 2.12. The van der Waals surface area contributed by atoms with E-state index in [9.17, 15) is 4.79 Å². The van der Waals surface area contributed by atoms with E-state index in [1.165, 1.54) is 0 Å². The van der Waals surface area contributed by atoms with Gasteiger partial charge in [-0.3, -0.25) is 0 Å². The molecule has 3 rings (SSSR count). The van der Waals surface area contributed by atoms with Crippen LogP contribution in [-0.4, -0.2) is 16.1 Å². The topological polar surface area (TPSA) is 50.2 Å². The number of hydrogen-bond donors (Lipinski definition) is 1. The molecule has 1 N–H and O–H groups in total. The number of hydrogen-bond acceptors (Lipinski definition) is 2. The first-order chi connectivity index (χ1) is 9.65. The zero-order valence-corrected chi connectivity index (χ0v) is 11.1. The molecular formula is C16H10ClNO2. The van der Waals surface area contributed by atoms with E-state index in [0.29, 0.717) is 0 Å². The highest BCUT2D eigenvalue weighted by Gasteiger charge is 2.11. The highest BCUT2D eigenvalue weighted by Crippen LogP contribution is 2.26. The van der Waals surface area contributed by atoms with E-state index in [2.05, 4.69) is 4.98 Å². The van der Waals surface area contributed by atoms with Gasteiger partial charge in [0.05, 0.1) is 5.56 Å². The first-order valence-electron chi connectivity index (χ1n) is 6.03. The highest BCUT2D eigenvalue weighted by molar-refractivity contribution is 6.32. The Morgan fingerprint density at radius 1 is 1.00 bits per heavy atom. The Morgan fingerprint density at radius 2 is 1.75 bits per heavy atom. The lowest BCUT2D eigenvalue weighted by atomic mass is 10.0. The average molecular weight is 284 g/mol. The molecule has 0 spiro atoms. The Bertz CT molecular complexity index is 814. The van der Waals surface area contributed by atoms with Gasteiger partial charge in [-0.25, -0.2) is 9.78 Å². The molecule has 0 unspecified atom stereocenters. The zero-order valence-electron chi connectivity index (χ0n) is 10.4. The number of rotatable bonds is 2. The van der Waals surface area contributed by atoms with Gasteiger partial charge in [0.2, 0.25) is 0 Å². The summed E-state index contributed by atoms with van der Waals surface area (Å²) in [6.07, 6.45) is 1.58. The average Bonchev–Trinajstić information content (AvgIpc) is 2.47. The van der Waals surface area contributed by atoms with Crippen LogP contribution in [0.1, 0.15) is 10.4 Å². The molecule has 0 saturated carbocycles. The number of carbonyl (C=O) groups is 1. The predicted molar refractivity (Wildman–Crippen MR) is 79.1 cm³/mol. The molecule has 3 nitrogen and oxygen atoms in total. The molecule has 0 bridgehead atoms. The summed E-state index contributed by atoms with van der Waals surface area (Å²) in [6, 6.07) is 15.5. The third-order valence-electron chi connectivity index (χ3n) is 3.15. The fraction of sp³-hybridized carbons (Fsp3) is 0. The number of nitrogens with zero attached hydrogens (tertiary/aromatic N) is 1. The second-order valence-corrected chi connectivity index (χ2v) is 4.79. The first kappa shape index (κ1) is 12.6. The molecule has 0 aliphatic heterocycles. The third kappa shape index (κ3) is 2.24. The number of carboxylic acids is 1. The van der Waals surface area contributed by atoms with Crippen molar-refractivity contribution < 1.29 is 9.90 Å². The summed E-state index contributed by atoms with van der Waals surface area (Å²) in [5.74, 6) is -1.08. The Balaban J connectivity index is 2.15. The van der Waals surface area contributed by atoms with Gasteiger partial charge >= 0.3 is 5.97 Å². The number of benzene rings is 2. The zero-order chi connectivity index (χ0) is 14.1. The van der Waals surface area contributed by atoms with Gasteiger partial charge in [0.15, 0.2) is 0 Å². The normalized spacial score (nSPS) is 10.7. The first-order valence-corrected chi connectivity index (χ1v) is 6.41. The third-order valence-corrected chi connectivity index (χ3v) is 3.45. The van der Waals surface area contributed by atoms with Gasteiger partial charge in [-0.2, -0.15) is 0 Å². The van der Waals surface area contributed by atoms with Crippen LogP contribution in [0.15, 0.2) is 54.7 Å². The number of fused-ring (bicyclic) bond motifs is 1. The summed E-state index contributed by atoms with van der Waals surface area (Å²) in [5.41, 5.74) is 1.66. The number of pyridine rings is 1. The van der Waals surface area contributed by atoms with Crippen molar-refractivity contribution in [1.29, 1.82) is 0 Å². The molecule has 2 aromatic carbocycles. The maximum absolute atomic E-state index is 11.1. The van der Waals surface area contributed by atoms with Gasteiger partial charge in [-0.15, -0.1) is 0 Å². The summed E-state index contributed by atoms with van der Waals surface area (Å²) in [6.45, 7) is 0. The Labute approximate surface area is 120 Å². The molecule has 0 atom stereocenters. The summed E-state index contributed by atoms with van der Waals surface area (Å²) >= 11 is 5.78.